The van der Waals surface area contributed by atoms with Gasteiger partial charge in [0, 0.05) is 32.9 Å². The number of rotatable bonds is 5. The average Bonchev–Trinajstić information content (AvgIpc) is 2.98. The van der Waals surface area contributed by atoms with E-state index >= 15 is 0 Å². The SMILES string of the molecule is CN(Cc1ncn[nH]1)C(=O)C=Cc1ccc(N(C)C)cc1. The predicted molar refractivity (Wildman–Crippen MR) is 82.7 cm³/mol. The molecule has 1 aromatic heterocycles. The molecule has 0 fully saturated rings. The molecule has 6 heteroatoms. The van der Waals surface area contributed by atoms with Gasteiger partial charge in [-0.1, -0.05) is 12.1 Å². The third-order valence-corrected chi connectivity index (χ3v) is 3.06. The smallest absolute Gasteiger partial charge is 0.246 e. The van der Waals surface area contributed by atoms with Crippen molar-refractivity contribution in [1.82, 2.24) is 20.1 Å². The first kappa shape index (κ1) is 14.8. The van der Waals surface area contributed by atoms with Crippen molar-refractivity contribution in [2.45, 2.75) is 6.54 Å². The highest BCUT2D eigenvalue weighted by Gasteiger charge is 2.07. The van der Waals surface area contributed by atoms with E-state index in [9.17, 15) is 4.79 Å². The number of likely N-dealkylation sites (N-methyl/N-ethyl adjacent to an activating group) is 1. The Balaban J connectivity index is 1.94. The van der Waals surface area contributed by atoms with Crippen LogP contribution in [0.3, 0.4) is 0 Å². The first-order valence-corrected chi connectivity index (χ1v) is 6.61. The molecule has 2 rings (SSSR count). The van der Waals surface area contributed by atoms with Crippen LogP contribution in [0.25, 0.3) is 6.08 Å². The largest absolute Gasteiger partial charge is 0.378 e. The summed E-state index contributed by atoms with van der Waals surface area (Å²) < 4.78 is 0. The number of H-pyrrole nitrogens is 1. The molecule has 6 nitrogen and oxygen atoms in total. The second-order valence-corrected chi connectivity index (χ2v) is 4.95. The molecule has 0 aliphatic heterocycles. The predicted octanol–water partition coefficient (Wildman–Crippen LogP) is 1.54. The maximum absolute atomic E-state index is 12.0. The van der Waals surface area contributed by atoms with Gasteiger partial charge in [-0.25, -0.2) is 4.98 Å². The normalized spacial score (nSPS) is 10.8. The van der Waals surface area contributed by atoms with E-state index in [1.807, 2.05) is 43.3 Å². The van der Waals surface area contributed by atoms with Crippen molar-refractivity contribution in [2.24, 2.45) is 0 Å². The van der Waals surface area contributed by atoms with Gasteiger partial charge in [0.15, 0.2) is 0 Å². The Morgan fingerprint density at radius 3 is 2.52 bits per heavy atom. The molecule has 1 N–H and O–H groups in total. The lowest BCUT2D eigenvalue weighted by molar-refractivity contribution is -0.125. The van der Waals surface area contributed by atoms with Gasteiger partial charge in [0.2, 0.25) is 5.91 Å². The molecule has 0 aliphatic carbocycles. The highest BCUT2D eigenvalue weighted by atomic mass is 16.2. The van der Waals surface area contributed by atoms with Gasteiger partial charge in [-0.3, -0.25) is 9.89 Å². The number of anilines is 1. The zero-order valence-corrected chi connectivity index (χ0v) is 12.4. The fourth-order valence-corrected chi connectivity index (χ4v) is 1.79. The Hall–Kier alpha value is -2.63. The molecule has 0 atom stereocenters. The second-order valence-electron chi connectivity index (χ2n) is 4.95. The molecule has 1 heterocycles. The Morgan fingerprint density at radius 2 is 1.95 bits per heavy atom. The summed E-state index contributed by atoms with van der Waals surface area (Å²) in [6, 6.07) is 8.00. The van der Waals surface area contributed by atoms with E-state index in [2.05, 4.69) is 15.2 Å². The van der Waals surface area contributed by atoms with Crippen molar-refractivity contribution in [1.29, 1.82) is 0 Å². The molecule has 1 aromatic carbocycles. The highest BCUT2D eigenvalue weighted by molar-refractivity contribution is 5.91. The van der Waals surface area contributed by atoms with Crippen molar-refractivity contribution in [3.63, 3.8) is 0 Å². The van der Waals surface area contributed by atoms with Gasteiger partial charge in [0.1, 0.15) is 12.2 Å². The van der Waals surface area contributed by atoms with Crippen LogP contribution >= 0.6 is 0 Å². The monoisotopic (exact) mass is 285 g/mol. The zero-order chi connectivity index (χ0) is 15.2. The number of amides is 1. The molecule has 0 bridgehead atoms. The van der Waals surface area contributed by atoms with E-state index in [0.717, 1.165) is 11.3 Å². The Kier molecular flexibility index (Phi) is 4.71. The second kappa shape index (κ2) is 6.69. The van der Waals surface area contributed by atoms with Gasteiger partial charge in [0.25, 0.3) is 0 Å². The van der Waals surface area contributed by atoms with Crippen LogP contribution in [0, 0.1) is 0 Å². The third-order valence-electron chi connectivity index (χ3n) is 3.06. The van der Waals surface area contributed by atoms with E-state index in [-0.39, 0.29) is 5.91 Å². The number of carbonyl (C=O) groups is 1. The van der Waals surface area contributed by atoms with Gasteiger partial charge in [-0.2, -0.15) is 5.10 Å². The minimum absolute atomic E-state index is 0.0805. The van der Waals surface area contributed by atoms with Gasteiger partial charge >= 0.3 is 0 Å². The standard InChI is InChI=1S/C15H19N5O/c1-19(2)13-7-4-12(5-8-13)6-9-15(21)20(3)10-14-16-11-17-18-14/h4-9,11H,10H2,1-3H3,(H,16,17,18). The molecule has 0 radical (unpaired) electrons. The summed E-state index contributed by atoms with van der Waals surface area (Å²) in [6.07, 6.45) is 4.79. The van der Waals surface area contributed by atoms with Crippen LogP contribution in [-0.2, 0) is 11.3 Å². The average molecular weight is 285 g/mol. The van der Waals surface area contributed by atoms with Crippen LogP contribution in [0.15, 0.2) is 36.7 Å². The minimum Gasteiger partial charge on any atom is -0.378 e. The molecule has 1 amide bonds. The van der Waals surface area contributed by atoms with Gasteiger partial charge in [0.05, 0.1) is 6.54 Å². The Bertz CT molecular complexity index is 602. The van der Waals surface area contributed by atoms with Crippen LogP contribution in [0.1, 0.15) is 11.4 Å². The first-order valence-electron chi connectivity index (χ1n) is 6.61. The summed E-state index contributed by atoms with van der Waals surface area (Å²) in [5, 5.41) is 6.48. The van der Waals surface area contributed by atoms with Crippen molar-refractivity contribution < 1.29 is 4.79 Å². The summed E-state index contributed by atoms with van der Waals surface area (Å²) >= 11 is 0. The van der Waals surface area contributed by atoms with Crippen LogP contribution in [0.5, 0.6) is 0 Å². The number of benzene rings is 1. The summed E-state index contributed by atoms with van der Waals surface area (Å²) in [7, 11) is 5.71. The molecule has 2 aromatic rings. The van der Waals surface area contributed by atoms with E-state index in [4.69, 9.17) is 0 Å². The maximum atomic E-state index is 12.0. The quantitative estimate of drug-likeness (QED) is 0.846. The fourth-order valence-electron chi connectivity index (χ4n) is 1.79. The number of hydrogen-bond donors (Lipinski definition) is 1. The van der Waals surface area contributed by atoms with Crippen molar-refractivity contribution >= 4 is 17.7 Å². The third kappa shape index (κ3) is 4.17. The first-order chi connectivity index (χ1) is 10.1. The zero-order valence-electron chi connectivity index (χ0n) is 12.4. The number of aromatic nitrogens is 3. The van der Waals surface area contributed by atoms with E-state index < -0.39 is 0 Å². The van der Waals surface area contributed by atoms with Crippen LogP contribution < -0.4 is 4.90 Å². The van der Waals surface area contributed by atoms with Crippen LogP contribution in [-0.4, -0.2) is 47.1 Å². The van der Waals surface area contributed by atoms with Gasteiger partial charge in [-0.15, -0.1) is 0 Å². The van der Waals surface area contributed by atoms with E-state index in [1.54, 1.807) is 24.1 Å². The van der Waals surface area contributed by atoms with Crippen molar-refractivity contribution in [2.75, 3.05) is 26.0 Å². The lowest BCUT2D eigenvalue weighted by Crippen LogP contribution is -2.24. The van der Waals surface area contributed by atoms with Crippen molar-refractivity contribution in [3.8, 4) is 0 Å². The van der Waals surface area contributed by atoms with Crippen LogP contribution in [0.2, 0.25) is 0 Å². The fraction of sp³-hybridized carbons (Fsp3) is 0.267. The number of hydrogen-bond acceptors (Lipinski definition) is 4. The van der Waals surface area contributed by atoms with Gasteiger partial charge in [-0.05, 0) is 23.8 Å². The molecule has 0 unspecified atom stereocenters. The number of aromatic amines is 1. The topological polar surface area (TPSA) is 65.1 Å². The summed E-state index contributed by atoms with van der Waals surface area (Å²) in [4.78, 5) is 19.6. The van der Waals surface area contributed by atoms with Crippen LogP contribution in [0.4, 0.5) is 5.69 Å². The highest BCUT2D eigenvalue weighted by Crippen LogP contribution is 2.13. The lowest BCUT2D eigenvalue weighted by Gasteiger charge is -2.13. The van der Waals surface area contributed by atoms with Crippen molar-refractivity contribution in [3.05, 3.63) is 48.1 Å². The number of carbonyl (C=O) groups excluding carboxylic acids is 1. The summed E-state index contributed by atoms with van der Waals surface area (Å²) in [5.41, 5.74) is 2.11. The van der Waals surface area contributed by atoms with E-state index in [0.29, 0.717) is 12.4 Å². The summed E-state index contributed by atoms with van der Waals surface area (Å²) in [5.74, 6) is 0.581. The number of nitrogens with one attached hydrogen (secondary N) is 1. The molecule has 21 heavy (non-hydrogen) atoms. The molecular formula is C15H19N5O. The number of nitrogens with zero attached hydrogens (tertiary/aromatic N) is 4. The lowest BCUT2D eigenvalue weighted by atomic mass is 10.2. The van der Waals surface area contributed by atoms with E-state index in [1.165, 1.54) is 6.33 Å². The Labute approximate surface area is 124 Å². The molecular weight excluding hydrogens is 266 g/mol. The molecule has 110 valence electrons. The molecule has 0 spiro atoms. The maximum Gasteiger partial charge on any atom is 0.246 e. The molecule has 0 saturated carbocycles. The summed E-state index contributed by atoms with van der Waals surface area (Å²) in [6.45, 7) is 0.405. The minimum atomic E-state index is -0.0805. The Morgan fingerprint density at radius 1 is 1.24 bits per heavy atom. The molecule has 0 aliphatic rings. The molecule has 0 saturated heterocycles. The van der Waals surface area contributed by atoms with Gasteiger partial charge < -0.3 is 9.80 Å².